The topological polar surface area (TPSA) is 21.3 Å². The van der Waals surface area contributed by atoms with Gasteiger partial charge in [-0.1, -0.05) is 15.9 Å². The van der Waals surface area contributed by atoms with Crippen molar-refractivity contribution >= 4 is 37.5 Å². The van der Waals surface area contributed by atoms with Crippen LogP contribution in [0.15, 0.2) is 39.3 Å². The smallest absolute Gasteiger partial charge is 0.149 e. The third kappa shape index (κ3) is 3.49. The Labute approximate surface area is 132 Å². The van der Waals surface area contributed by atoms with Crippen molar-refractivity contribution in [2.45, 2.75) is 6.54 Å². The lowest BCUT2D eigenvalue weighted by atomic mass is 10.2. The van der Waals surface area contributed by atoms with E-state index in [-0.39, 0.29) is 10.2 Å². The van der Waals surface area contributed by atoms with Gasteiger partial charge < -0.3 is 10.1 Å². The zero-order valence-corrected chi connectivity index (χ0v) is 13.7. The molecule has 0 aliphatic heterocycles. The molecule has 1 N–H and O–H groups in total. The van der Waals surface area contributed by atoms with Crippen molar-refractivity contribution in [1.29, 1.82) is 0 Å². The molecule has 0 atom stereocenters. The fraction of sp³-hybridized carbons (Fsp3) is 0.143. The highest BCUT2D eigenvalue weighted by Crippen LogP contribution is 2.27. The van der Waals surface area contributed by atoms with Crippen LogP contribution < -0.4 is 10.1 Å². The zero-order valence-electron chi connectivity index (χ0n) is 10.5. The van der Waals surface area contributed by atoms with Gasteiger partial charge in [0.15, 0.2) is 0 Å². The summed E-state index contributed by atoms with van der Waals surface area (Å²) in [5.74, 6) is -0.574. The predicted octanol–water partition coefficient (Wildman–Crippen LogP) is 5.11. The maximum Gasteiger partial charge on any atom is 0.149 e. The lowest BCUT2D eigenvalue weighted by Crippen LogP contribution is -2.04. The SMILES string of the molecule is COc1ccc(Br)cc1CNc1cc(Br)c(F)cc1F. The number of halogens is 4. The first-order chi connectivity index (χ1) is 9.51. The molecule has 0 radical (unpaired) electrons. The number of ether oxygens (including phenoxy) is 1. The van der Waals surface area contributed by atoms with E-state index in [0.717, 1.165) is 16.1 Å². The monoisotopic (exact) mass is 405 g/mol. The second-order valence-corrected chi connectivity index (χ2v) is 5.83. The highest BCUT2D eigenvalue weighted by atomic mass is 79.9. The Morgan fingerprint density at radius 3 is 2.55 bits per heavy atom. The summed E-state index contributed by atoms with van der Waals surface area (Å²) in [5, 5.41) is 2.93. The van der Waals surface area contributed by atoms with E-state index < -0.39 is 11.6 Å². The molecule has 0 heterocycles. The average Bonchev–Trinajstić information content (AvgIpc) is 2.41. The Hall–Kier alpha value is -1.14. The van der Waals surface area contributed by atoms with Crippen LogP contribution in [0.5, 0.6) is 5.75 Å². The summed E-state index contributed by atoms with van der Waals surface area (Å²) < 4.78 is 33.1. The molecule has 0 saturated heterocycles. The van der Waals surface area contributed by atoms with Crippen molar-refractivity contribution < 1.29 is 13.5 Å². The molecule has 2 nitrogen and oxygen atoms in total. The third-order valence-electron chi connectivity index (χ3n) is 2.72. The van der Waals surface area contributed by atoms with Gasteiger partial charge in [0.1, 0.15) is 17.4 Å². The van der Waals surface area contributed by atoms with Crippen LogP contribution in [0.1, 0.15) is 5.56 Å². The molecule has 0 saturated carbocycles. The Morgan fingerprint density at radius 1 is 1.10 bits per heavy atom. The molecule has 2 aromatic rings. The van der Waals surface area contributed by atoms with E-state index in [0.29, 0.717) is 12.3 Å². The highest BCUT2D eigenvalue weighted by molar-refractivity contribution is 9.10. The Bertz CT molecular complexity index is 635. The van der Waals surface area contributed by atoms with Crippen molar-refractivity contribution in [2.24, 2.45) is 0 Å². The second kappa shape index (κ2) is 6.54. The molecule has 0 bridgehead atoms. The van der Waals surface area contributed by atoms with Crippen molar-refractivity contribution in [3.05, 3.63) is 56.5 Å². The largest absolute Gasteiger partial charge is 0.496 e. The summed E-state index contributed by atoms with van der Waals surface area (Å²) in [5.41, 5.74) is 1.09. The van der Waals surface area contributed by atoms with Crippen LogP contribution in [-0.2, 0) is 6.54 Å². The minimum atomic E-state index is -0.639. The van der Waals surface area contributed by atoms with Crippen LogP contribution in [0.2, 0.25) is 0 Å². The minimum absolute atomic E-state index is 0.211. The summed E-state index contributed by atoms with van der Waals surface area (Å²) in [6, 6.07) is 7.76. The molecule has 2 rings (SSSR count). The van der Waals surface area contributed by atoms with E-state index in [1.54, 1.807) is 7.11 Å². The van der Waals surface area contributed by atoms with Crippen LogP contribution in [0.25, 0.3) is 0 Å². The van der Waals surface area contributed by atoms with Crippen molar-refractivity contribution in [3.63, 3.8) is 0 Å². The Morgan fingerprint density at radius 2 is 1.85 bits per heavy atom. The molecule has 20 heavy (non-hydrogen) atoms. The molecule has 0 spiro atoms. The van der Waals surface area contributed by atoms with Gasteiger partial charge in [0.2, 0.25) is 0 Å². The maximum atomic E-state index is 13.6. The molecular formula is C14H11Br2F2NO. The summed E-state index contributed by atoms with van der Waals surface area (Å²) in [6.07, 6.45) is 0. The Balaban J connectivity index is 2.21. The predicted molar refractivity (Wildman–Crippen MR) is 82.1 cm³/mol. The van der Waals surface area contributed by atoms with Gasteiger partial charge in [-0.3, -0.25) is 0 Å². The van der Waals surface area contributed by atoms with Gasteiger partial charge in [-0.05, 0) is 40.2 Å². The van der Waals surface area contributed by atoms with E-state index in [2.05, 4.69) is 37.2 Å². The number of rotatable bonds is 4. The second-order valence-electron chi connectivity index (χ2n) is 4.06. The molecule has 6 heteroatoms. The normalized spacial score (nSPS) is 10.4. The fourth-order valence-electron chi connectivity index (χ4n) is 1.73. The van der Waals surface area contributed by atoms with Gasteiger partial charge >= 0.3 is 0 Å². The van der Waals surface area contributed by atoms with E-state index in [9.17, 15) is 8.78 Å². The van der Waals surface area contributed by atoms with Crippen LogP contribution in [0, 0.1) is 11.6 Å². The van der Waals surface area contributed by atoms with E-state index in [4.69, 9.17) is 4.74 Å². The Kier molecular flexibility index (Phi) is 4.99. The lowest BCUT2D eigenvalue weighted by molar-refractivity contribution is 0.410. The van der Waals surface area contributed by atoms with Crippen LogP contribution in [0.3, 0.4) is 0 Å². The van der Waals surface area contributed by atoms with Crippen LogP contribution in [0.4, 0.5) is 14.5 Å². The van der Waals surface area contributed by atoms with E-state index in [1.807, 2.05) is 18.2 Å². The quantitative estimate of drug-likeness (QED) is 0.712. The standard InChI is InChI=1S/C14H11Br2F2NO/c1-20-14-3-2-9(15)4-8(14)7-19-13-5-10(16)11(17)6-12(13)18/h2-6,19H,7H2,1H3. The lowest BCUT2D eigenvalue weighted by Gasteiger charge is -2.12. The van der Waals surface area contributed by atoms with Crippen molar-refractivity contribution in [1.82, 2.24) is 0 Å². The van der Waals surface area contributed by atoms with Gasteiger partial charge in [0.05, 0.1) is 17.3 Å². The first-order valence-electron chi connectivity index (χ1n) is 5.72. The summed E-state index contributed by atoms with van der Waals surface area (Å²) in [6.45, 7) is 0.359. The number of hydrogen-bond donors (Lipinski definition) is 1. The molecule has 106 valence electrons. The minimum Gasteiger partial charge on any atom is -0.496 e. The van der Waals surface area contributed by atoms with E-state index in [1.165, 1.54) is 6.07 Å². The summed E-state index contributed by atoms with van der Waals surface area (Å²) >= 11 is 6.41. The fourth-order valence-corrected chi connectivity index (χ4v) is 2.49. The third-order valence-corrected chi connectivity index (χ3v) is 3.82. The molecule has 2 aromatic carbocycles. The van der Waals surface area contributed by atoms with Crippen LogP contribution in [-0.4, -0.2) is 7.11 Å². The molecule has 0 amide bonds. The average molecular weight is 407 g/mol. The maximum absolute atomic E-state index is 13.6. The highest BCUT2D eigenvalue weighted by Gasteiger charge is 2.09. The summed E-state index contributed by atoms with van der Waals surface area (Å²) in [7, 11) is 1.57. The number of anilines is 1. The van der Waals surface area contributed by atoms with Gasteiger partial charge in [0.25, 0.3) is 0 Å². The first-order valence-corrected chi connectivity index (χ1v) is 7.30. The van der Waals surface area contributed by atoms with Gasteiger partial charge in [-0.15, -0.1) is 0 Å². The van der Waals surface area contributed by atoms with Crippen molar-refractivity contribution in [2.75, 3.05) is 12.4 Å². The van der Waals surface area contributed by atoms with Gasteiger partial charge in [-0.25, -0.2) is 8.78 Å². The molecule has 0 aromatic heterocycles. The number of hydrogen-bond acceptors (Lipinski definition) is 2. The molecule has 0 unspecified atom stereocenters. The molecule has 0 aliphatic carbocycles. The van der Waals surface area contributed by atoms with Crippen molar-refractivity contribution in [3.8, 4) is 5.75 Å². The first kappa shape index (κ1) is 15.3. The van der Waals surface area contributed by atoms with Gasteiger partial charge in [-0.2, -0.15) is 0 Å². The number of benzene rings is 2. The molecular weight excluding hydrogens is 396 g/mol. The molecule has 0 aliphatic rings. The molecule has 0 fully saturated rings. The number of methoxy groups -OCH3 is 1. The number of nitrogens with one attached hydrogen (secondary N) is 1. The van der Waals surface area contributed by atoms with Crippen LogP contribution >= 0.6 is 31.9 Å². The van der Waals surface area contributed by atoms with E-state index >= 15 is 0 Å². The summed E-state index contributed by atoms with van der Waals surface area (Å²) in [4.78, 5) is 0. The van der Waals surface area contributed by atoms with Gasteiger partial charge in [0, 0.05) is 22.6 Å². The zero-order chi connectivity index (χ0) is 14.7.